The van der Waals surface area contributed by atoms with Crippen molar-refractivity contribution in [1.29, 1.82) is 5.26 Å². The number of esters is 1. The fourth-order valence-electron chi connectivity index (χ4n) is 1.66. The number of nitrogens with one attached hydrogen (secondary N) is 1. The number of hydrogen-bond donors (Lipinski definition) is 1. The highest BCUT2D eigenvalue weighted by molar-refractivity contribution is 6.36. The van der Waals surface area contributed by atoms with E-state index in [4.69, 9.17) is 33.2 Å². The first-order chi connectivity index (χ1) is 10.3. The van der Waals surface area contributed by atoms with Crippen molar-refractivity contribution in [3.63, 3.8) is 0 Å². The molecule has 0 aromatic heterocycles. The molecule has 0 heterocycles. The highest BCUT2D eigenvalue weighted by atomic mass is 35.5. The Morgan fingerprint density at radius 2 is 1.91 bits per heavy atom. The lowest BCUT2D eigenvalue weighted by Crippen LogP contribution is -2.46. The van der Waals surface area contributed by atoms with Gasteiger partial charge < -0.3 is 10.1 Å². The maximum absolute atomic E-state index is 12.2. The summed E-state index contributed by atoms with van der Waals surface area (Å²) in [5, 5.41) is 11.8. The molecule has 0 aliphatic rings. The van der Waals surface area contributed by atoms with Crippen molar-refractivity contribution < 1.29 is 14.3 Å². The topological polar surface area (TPSA) is 79.2 Å². The quantitative estimate of drug-likeness (QED) is 0.833. The number of rotatable bonds is 5. The van der Waals surface area contributed by atoms with E-state index < -0.39 is 24.0 Å². The van der Waals surface area contributed by atoms with E-state index in [1.807, 2.05) is 0 Å². The van der Waals surface area contributed by atoms with Crippen molar-refractivity contribution in [2.45, 2.75) is 32.9 Å². The monoisotopic (exact) mass is 342 g/mol. The Labute approximate surface area is 139 Å². The zero-order valence-corrected chi connectivity index (χ0v) is 13.9. The molecular weight excluding hydrogens is 327 g/mol. The summed E-state index contributed by atoms with van der Waals surface area (Å²) in [7, 11) is 0. The summed E-state index contributed by atoms with van der Waals surface area (Å²) in [6.45, 7) is 4.96. The van der Waals surface area contributed by atoms with Crippen molar-refractivity contribution >= 4 is 35.1 Å². The lowest BCUT2D eigenvalue weighted by atomic mass is 10.0. The number of nitrogens with zero attached hydrogens (tertiary/aromatic N) is 1. The number of amides is 1. The molecule has 0 unspecified atom stereocenters. The van der Waals surface area contributed by atoms with Crippen LogP contribution in [0.3, 0.4) is 0 Å². The van der Waals surface area contributed by atoms with E-state index in [0.29, 0.717) is 5.02 Å². The van der Waals surface area contributed by atoms with E-state index in [2.05, 4.69) is 5.32 Å². The first-order valence-electron chi connectivity index (χ1n) is 6.62. The van der Waals surface area contributed by atoms with Crippen molar-refractivity contribution in [3.8, 4) is 6.07 Å². The summed E-state index contributed by atoms with van der Waals surface area (Å²) in [5.74, 6) is -1.39. The number of carbonyl (C=O) groups is 2. The average molecular weight is 343 g/mol. The van der Waals surface area contributed by atoms with Crippen LogP contribution in [-0.4, -0.2) is 24.0 Å². The van der Waals surface area contributed by atoms with Gasteiger partial charge in [0.05, 0.1) is 10.6 Å². The van der Waals surface area contributed by atoms with Gasteiger partial charge in [-0.25, -0.2) is 4.79 Å². The van der Waals surface area contributed by atoms with Gasteiger partial charge in [0.2, 0.25) is 0 Å². The molecular formula is C15H16Cl2N2O3. The summed E-state index contributed by atoms with van der Waals surface area (Å²) in [5.41, 5.74) is 0.206. The Balaban J connectivity index is 2.89. The van der Waals surface area contributed by atoms with E-state index in [0.717, 1.165) is 0 Å². The first-order valence-corrected chi connectivity index (χ1v) is 7.38. The molecule has 1 aromatic rings. The van der Waals surface area contributed by atoms with Gasteiger partial charge in [0, 0.05) is 5.02 Å². The Morgan fingerprint density at radius 3 is 2.41 bits per heavy atom. The molecule has 0 bridgehead atoms. The minimum atomic E-state index is -0.884. The molecule has 118 valence electrons. The maximum Gasteiger partial charge on any atom is 0.330 e. The van der Waals surface area contributed by atoms with Gasteiger partial charge in [0.1, 0.15) is 12.1 Å². The number of carbonyl (C=O) groups excluding carboxylic acids is 2. The van der Waals surface area contributed by atoms with Crippen LogP contribution in [0.1, 0.15) is 31.1 Å². The van der Waals surface area contributed by atoms with Gasteiger partial charge in [0.15, 0.2) is 6.10 Å². The fourth-order valence-corrected chi connectivity index (χ4v) is 2.16. The van der Waals surface area contributed by atoms with Gasteiger partial charge in [0.25, 0.3) is 5.91 Å². The van der Waals surface area contributed by atoms with Crippen LogP contribution >= 0.6 is 23.2 Å². The van der Waals surface area contributed by atoms with Gasteiger partial charge in [-0.15, -0.1) is 0 Å². The predicted molar refractivity (Wildman–Crippen MR) is 83.7 cm³/mol. The molecule has 1 N–H and O–H groups in total. The smallest absolute Gasteiger partial charge is 0.330 e. The minimum absolute atomic E-state index is 0.186. The maximum atomic E-state index is 12.2. The summed E-state index contributed by atoms with van der Waals surface area (Å²) in [4.78, 5) is 24.3. The number of halogens is 2. The second kappa shape index (κ2) is 8.02. The van der Waals surface area contributed by atoms with Crippen LogP contribution in [0, 0.1) is 17.2 Å². The molecule has 0 spiro atoms. The third-order valence-electron chi connectivity index (χ3n) is 2.86. The molecule has 0 aliphatic heterocycles. The summed E-state index contributed by atoms with van der Waals surface area (Å²) in [6, 6.07) is 5.37. The van der Waals surface area contributed by atoms with E-state index in [1.54, 1.807) is 19.9 Å². The molecule has 1 aromatic carbocycles. The molecule has 2 atom stereocenters. The van der Waals surface area contributed by atoms with Crippen molar-refractivity contribution in [3.05, 3.63) is 33.8 Å². The van der Waals surface area contributed by atoms with E-state index in [9.17, 15) is 9.59 Å². The van der Waals surface area contributed by atoms with Crippen molar-refractivity contribution in [1.82, 2.24) is 5.32 Å². The zero-order chi connectivity index (χ0) is 16.9. The predicted octanol–water partition coefficient (Wildman–Crippen LogP) is 3.20. The number of nitriles is 1. The standard InChI is InChI=1S/C15H16Cl2N2O3/c1-8(2)13(15(21)22-9(3)7-18)19-14(20)11-5-4-10(16)6-12(11)17/h4-6,8-9,13H,1-3H3,(H,19,20)/t9-,13-/m0/s1. The Kier molecular flexibility index (Phi) is 6.66. The Bertz CT molecular complexity index is 611. The molecule has 1 rings (SSSR count). The molecule has 0 fully saturated rings. The Morgan fingerprint density at radius 1 is 1.27 bits per heavy atom. The van der Waals surface area contributed by atoms with Crippen molar-refractivity contribution in [2.24, 2.45) is 5.92 Å². The lowest BCUT2D eigenvalue weighted by molar-refractivity contribution is -0.149. The second-order valence-corrected chi connectivity index (χ2v) is 5.87. The van der Waals surface area contributed by atoms with Crippen LogP contribution in [0.5, 0.6) is 0 Å². The van der Waals surface area contributed by atoms with Gasteiger partial charge in [-0.1, -0.05) is 37.0 Å². The normalized spacial score (nSPS) is 13.1. The molecule has 22 heavy (non-hydrogen) atoms. The molecule has 5 nitrogen and oxygen atoms in total. The molecule has 0 saturated carbocycles. The van der Waals surface area contributed by atoms with Crippen LogP contribution in [0.15, 0.2) is 18.2 Å². The number of hydrogen-bond acceptors (Lipinski definition) is 4. The highest BCUT2D eigenvalue weighted by Crippen LogP contribution is 2.21. The summed E-state index contributed by atoms with van der Waals surface area (Å²) in [6.07, 6.45) is -0.884. The van der Waals surface area contributed by atoms with Gasteiger partial charge in [-0.2, -0.15) is 5.26 Å². The van der Waals surface area contributed by atoms with E-state index >= 15 is 0 Å². The molecule has 0 aliphatic carbocycles. The second-order valence-electron chi connectivity index (χ2n) is 5.03. The summed E-state index contributed by atoms with van der Waals surface area (Å²) >= 11 is 11.7. The van der Waals surface area contributed by atoms with Gasteiger partial charge in [-0.05, 0) is 31.0 Å². The molecule has 7 heteroatoms. The van der Waals surface area contributed by atoms with Gasteiger partial charge in [-0.3, -0.25) is 4.79 Å². The largest absolute Gasteiger partial charge is 0.446 e. The van der Waals surface area contributed by atoms with Crippen LogP contribution in [0.4, 0.5) is 0 Å². The minimum Gasteiger partial charge on any atom is -0.446 e. The average Bonchev–Trinajstić information content (AvgIpc) is 2.43. The van der Waals surface area contributed by atoms with Crippen LogP contribution < -0.4 is 5.32 Å². The third kappa shape index (κ3) is 4.90. The highest BCUT2D eigenvalue weighted by Gasteiger charge is 2.28. The first kappa shape index (κ1) is 18.3. The van der Waals surface area contributed by atoms with Crippen molar-refractivity contribution in [2.75, 3.05) is 0 Å². The molecule has 0 radical (unpaired) electrons. The lowest BCUT2D eigenvalue weighted by Gasteiger charge is -2.21. The van der Waals surface area contributed by atoms with E-state index in [-0.39, 0.29) is 16.5 Å². The zero-order valence-electron chi connectivity index (χ0n) is 12.4. The Hall–Kier alpha value is -1.77. The van der Waals surface area contributed by atoms with Crippen LogP contribution in [0.2, 0.25) is 10.0 Å². The fraction of sp³-hybridized carbons (Fsp3) is 0.400. The number of ether oxygens (including phenoxy) is 1. The van der Waals surface area contributed by atoms with Crippen LogP contribution in [-0.2, 0) is 9.53 Å². The van der Waals surface area contributed by atoms with E-state index in [1.165, 1.54) is 25.1 Å². The summed E-state index contributed by atoms with van der Waals surface area (Å²) < 4.78 is 4.94. The third-order valence-corrected chi connectivity index (χ3v) is 3.41. The number of benzene rings is 1. The SMILES string of the molecule is CC(C)[C@H](NC(=O)c1ccc(Cl)cc1Cl)C(=O)O[C@@H](C)C#N. The molecule has 0 saturated heterocycles. The van der Waals surface area contributed by atoms with Crippen LogP contribution in [0.25, 0.3) is 0 Å². The molecule has 1 amide bonds. The van der Waals surface area contributed by atoms with Gasteiger partial charge >= 0.3 is 5.97 Å².